The van der Waals surface area contributed by atoms with Gasteiger partial charge in [0.05, 0.1) is 6.33 Å². The van der Waals surface area contributed by atoms with Gasteiger partial charge in [-0.25, -0.2) is 4.98 Å². The number of fused-ring (bicyclic) bond motifs is 1. The van der Waals surface area contributed by atoms with Crippen LogP contribution in [0.1, 0.15) is 23.0 Å². The first-order valence-electron chi connectivity index (χ1n) is 6.27. The molecular formula is C11H17N5O3. The van der Waals surface area contributed by atoms with E-state index in [1.54, 1.807) is 6.33 Å². The van der Waals surface area contributed by atoms with E-state index in [1.165, 1.54) is 0 Å². The van der Waals surface area contributed by atoms with Crippen molar-refractivity contribution < 1.29 is 15.0 Å². The third-order valence-electron chi connectivity index (χ3n) is 4.03. The van der Waals surface area contributed by atoms with Crippen molar-refractivity contribution >= 4 is 11.7 Å². The second-order valence-corrected chi connectivity index (χ2v) is 5.04. The number of imidazole rings is 1. The van der Waals surface area contributed by atoms with Crippen LogP contribution in [0.3, 0.4) is 0 Å². The standard InChI is InChI=1S/C11H17N5O3/c12-11-14-9-8(10(19)15-11)13-4-16(9)7-1-5(2-17)6(7)3-18/h4-7,11,14,17-18H,1-3,12H2,(H,15,19)/t5-,6-,7-,11?/m1/s1. The molecule has 1 aromatic heterocycles. The SMILES string of the molecule is NC1NC(=O)c2ncn([C@@H]3C[C@H](CO)[C@H]3CO)c2N1. The fourth-order valence-corrected chi connectivity index (χ4v) is 2.89. The molecule has 4 atom stereocenters. The summed E-state index contributed by atoms with van der Waals surface area (Å²) >= 11 is 0. The highest BCUT2D eigenvalue weighted by atomic mass is 16.3. The smallest absolute Gasteiger partial charge is 0.276 e. The zero-order valence-corrected chi connectivity index (χ0v) is 10.3. The van der Waals surface area contributed by atoms with Crippen LogP contribution in [-0.2, 0) is 0 Å². The van der Waals surface area contributed by atoms with E-state index < -0.39 is 6.29 Å². The van der Waals surface area contributed by atoms with Gasteiger partial charge in [0.1, 0.15) is 5.82 Å². The highest BCUT2D eigenvalue weighted by Gasteiger charge is 2.43. The Morgan fingerprint density at radius 2 is 2.21 bits per heavy atom. The zero-order chi connectivity index (χ0) is 13.6. The predicted octanol–water partition coefficient (Wildman–Crippen LogP) is -1.56. The van der Waals surface area contributed by atoms with Gasteiger partial charge in [0.2, 0.25) is 0 Å². The number of hydrogen-bond acceptors (Lipinski definition) is 6. The second kappa shape index (κ2) is 4.48. The zero-order valence-electron chi connectivity index (χ0n) is 10.3. The maximum atomic E-state index is 11.7. The van der Waals surface area contributed by atoms with Crippen LogP contribution in [0.4, 0.5) is 5.82 Å². The van der Waals surface area contributed by atoms with Crippen molar-refractivity contribution in [3.63, 3.8) is 0 Å². The lowest BCUT2D eigenvalue weighted by Crippen LogP contribution is -2.52. The fourth-order valence-electron chi connectivity index (χ4n) is 2.89. The molecule has 1 aliphatic heterocycles. The van der Waals surface area contributed by atoms with Gasteiger partial charge in [0.15, 0.2) is 12.0 Å². The minimum Gasteiger partial charge on any atom is -0.396 e. The number of nitrogens with one attached hydrogen (secondary N) is 2. The van der Waals surface area contributed by atoms with Crippen LogP contribution in [0.15, 0.2) is 6.33 Å². The maximum absolute atomic E-state index is 11.7. The molecule has 3 rings (SSSR count). The Balaban J connectivity index is 1.89. The summed E-state index contributed by atoms with van der Waals surface area (Å²) in [5, 5.41) is 24.1. The summed E-state index contributed by atoms with van der Waals surface area (Å²) in [5.41, 5.74) is 5.99. The molecule has 1 aliphatic carbocycles. The average Bonchev–Trinajstić information content (AvgIpc) is 2.73. The number of nitrogens with zero attached hydrogens (tertiary/aromatic N) is 2. The van der Waals surface area contributed by atoms with Crippen molar-refractivity contribution in [3.8, 4) is 0 Å². The Hall–Kier alpha value is -1.64. The highest BCUT2D eigenvalue weighted by Crippen LogP contribution is 2.45. The first kappa shape index (κ1) is 12.4. The van der Waals surface area contributed by atoms with Crippen molar-refractivity contribution in [1.82, 2.24) is 14.9 Å². The molecule has 1 amide bonds. The molecule has 2 heterocycles. The molecule has 1 unspecified atom stereocenters. The van der Waals surface area contributed by atoms with Crippen LogP contribution < -0.4 is 16.4 Å². The number of aliphatic hydroxyl groups excluding tert-OH is 2. The molecule has 0 bridgehead atoms. The molecule has 0 saturated heterocycles. The summed E-state index contributed by atoms with van der Waals surface area (Å²) in [6, 6.07) is 0.0315. The van der Waals surface area contributed by atoms with Crippen LogP contribution in [-0.4, -0.2) is 45.2 Å². The Morgan fingerprint density at radius 3 is 2.89 bits per heavy atom. The lowest BCUT2D eigenvalue weighted by molar-refractivity contribution is -0.00605. The Kier molecular flexibility index (Phi) is 2.92. The Morgan fingerprint density at radius 1 is 1.42 bits per heavy atom. The topological polar surface area (TPSA) is 125 Å². The molecule has 2 aliphatic rings. The van der Waals surface area contributed by atoms with Gasteiger partial charge >= 0.3 is 0 Å². The number of carbonyl (C=O) groups excluding carboxylic acids is 1. The normalized spacial score (nSPS) is 33.1. The largest absolute Gasteiger partial charge is 0.396 e. The molecule has 104 valence electrons. The van der Waals surface area contributed by atoms with E-state index >= 15 is 0 Å². The third kappa shape index (κ3) is 1.79. The number of amides is 1. The number of rotatable bonds is 3. The lowest BCUT2D eigenvalue weighted by Gasteiger charge is -2.44. The quantitative estimate of drug-likeness (QED) is 0.451. The van der Waals surface area contributed by atoms with Crippen LogP contribution >= 0.6 is 0 Å². The summed E-state index contributed by atoms with van der Waals surface area (Å²) in [5.74, 6) is 0.347. The van der Waals surface area contributed by atoms with Gasteiger partial charge in [-0.2, -0.15) is 0 Å². The predicted molar refractivity (Wildman–Crippen MR) is 66.1 cm³/mol. The van der Waals surface area contributed by atoms with Crippen LogP contribution in [0, 0.1) is 11.8 Å². The summed E-state index contributed by atoms with van der Waals surface area (Å²) in [6.45, 7) is 0.0626. The fraction of sp³-hybridized carbons (Fsp3) is 0.636. The number of anilines is 1. The Bertz CT molecular complexity index is 503. The van der Waals surface area contributed by atoms with Gasteiger partial charge in [0, 0.05) is 25.2 Å². The minimum atomic E-state index is -0.642. The van der Waals surface area contributed by atoms with Gasteiger partial charge in [-0.05, 0) is 12.3 Å². The van der Waals surface area contributed by atoms with E-state index in [2.05, 4.69) is 15.6 Å². The van der Waals surface area contributed by atoms with Crippen molar-refractivity contribution in [2.75, 3.05) is 18.5 Å². The van der Waals surface area contributed by atoms with Gasteiger partial charge < -0.3 is 25.4 Å². The van der Waals surface area contributed by atoms with Crippen molar-refractivity contribution in [2.24, 2.45) is 17.6 Å². The van der Waals surface area contributed by atoms with Gasteiger partial charge in [-0.15, -0.1) is 0 Å². The van der Waals surface area contributed by atoms with Gasteiger partial charge in [-0.3, -0.25) is 10.5 Å². The first-order chi connectivity index (χ1) is 9.15. The van der Waals surface area contributed by atoms with Gasteiger partial charge in [0.25, 0.3) is 5.91 Å². The molecule has 1 saturated carbocycles. The Labute approximate surface area is 109 Å². The molecule has 0 spiro atoms. The van der Waals surface area contributed by atoms with Crippen LogP contribution in [0.2, 0.25) is 0 Å². The summed E-state index contributed by atoms with van der Waals surface area (Å²) in [6.07, 6.45) is 1.69. The van der Waals surface area contributed by atoms with E-state index in [9.17, 15) is 15.0 Å². The van der Waals surface area contributed by atoms with E-state index in [0.717, 1.165) is 6.42 Å². The maximum Gasteiger partial charge on any atom is 0.276 e. The van der Waals surface area contributed by atoms with Crippen LogP contribution in [0.5, 0.6) is 0 Å². The number of hydrogen-bond donors (Lipinski definition) is 5. The van der Waals surface area contributed by atoms with E-state index in [0.29, 0.717) is 11.5 Å². The number of carbonyl (C=O) groups is 1. The van der Waals surface area contributed by atoms with E-state index in [1.807, 2.05) is 4.57 Å². The number of nitrogens with two attached hydrogens (primary N) is 1. The average molecular weight is 267 g/mol. The van der Waals surface area contributed by atoms with Crippen LogP contribution in [0.25, 0.3) is 0 Å². The molecule has 8 heteroatoms. The van der Waals surface area contributed by atoms with Gasteiger partial charge in [-0.1, -0.05) is 0 Å². The molecule has 19 heavy (non-hydrogen) atoms. The third-order valence-corrected chi connectivity index (χ3v) is 4.03. The summed E-state index contributed by atoms with van der Waals surface area (Å²) in [4.78, 5) is 15.8. The highest BCUT2D eigenvalue weighted by molar-refractivity contribution is 5.99. The van der Waals surface area contributed by atoms with Crippen molar-refractivity contribution in [3.05, 3.63) is 12.0 Å². The van der Waals surface area contributed by atoms with E-state index in [4.69, 9.17) is 5.73 Å². The monoisotopic (exact) mass is 267 g/mol. The molecule has 0 radical (unpaired) electrons. The lowest BCUT2D eigenvalue weighted by atomic mass is 9.70. The summed E-state index contributed by atoms with van der Waals surface area (Å²) < 4.78 is 1.83. The summed E-state index contributed by atoms with van der Waals surface area (Å²) in [7, 11) is 0. The molecule has 1 fully saturated rings. The second-order valence-electron chi connectivity index (χ2n) is 5.04. The number of aliphatic hydroxyl groups is 2. The van der Waals surface area contributed by atoms with Crippen molar-refractivity contribution in [2.45, 2.75) is 18.8 Å². The molecule has 8 nitrogen and oxygen atoms in total. The first-order valence-corrected chi connectivity index (χ1v) is 6.27. The molecule has 1 aromatic rings. The molecular weight excluding hydrogens is 250 g/mol. The minimum absolute atomic E-state index is 0.00109. The number of aromatic nitrogens is 2. The van der Waals surface area contributed by atoms with E-state index in [-0.39, 0.29) is 37.0 Å². The molecule has 6 N–H and O–H groups in total. The molecule has 0 aromatic carbocycles. The van der Waals surface area contributed by atoms with Crippen molar-refractivity contribution in [1.29, 1.82) is 0 Å².